The Labute approximate surface area is 178 Å². The lowest BCUT2D eigenvalue weighted by Crippen LogP contribution is -2.63. The minimum atomic E-state index is -1.80. The fourth-order valence-corrected chi connectivity index (χ4v) is 6.79. The van der Waals surface area contributed by atoms with Crippen LogP contribution in [-0.4, -0.2) is 51.0 Å². The Morgan fingerprint density at radius 3 is 2.43 bits per heavy atom. The van der Waals surface area contributed by atoms with E-state index in [9.17, 15) is 24.9 Å². The van der Waals surface area contributed by atoms with E-state index < -0.39 is 34.9 Å². The van der Waals surface area contributed by atoms with Crippen molar-refractivity contribution < 1.29 is 29.6 Å². The molecule has 2 unspecified atom stereocenters. The van der Waals surface area contributed by atoms with Crippen molar-refractivity contribution in [1.29, 1.82) is 0 Å². The zero-order valence-electron chi connectivity index (χ0n) is 18.7. The first-order chi connectivity index (χ1) is 13.8. The van der Waals surface area contributed by atoms with Gasteiger partial charge in [-0.3, -0.25) is 9.59 Å². The van der Waals surface area contributed by atoms with E-state index in [-0.39, 0.29) is 48.1 Å². The molecule has 0 aromatic heterocycles. The predicted molar refractivity (Wildman–Crippen MR) is 110 cm³/mol. The van der Waals surface area contributed by atoms with Gasteiger partial charge >= 0.3 is 5.97 Å². The highest BCUT2D eigenvalue weighted by Gasteiger charge is 2.77. The lowest BCUT2D eigenvalue weighted by atomic mass is 9.59. The molecule has 4 aliphatic rings. The Bertz CT molecular complexity index is 854. The minimum Gasteiger partial charge on any atom is -0.461 e. The SMILES string of the molecule is CC1=C[C@H]2[C@]3(O)C(C=C(CO)C[C@]2(O)C1=O)[C@H]1[C@@H](C(OC(=O)C(C)C)[C@H]3C)C1(C)C. The van der Waals surface area contributed by atoms with E-state index in [4.69, 9.17) is 4.74 Å². The van der Waals surface area contributed by atoms with Gasteiger partial charge in [0.25, 0.3) is 0 Å². The Kier molecular flexibility index (Phi) is 4.71. The largest absolute Gasteiger partial charge is 0.461 e. The third-order valence-corrected chi connectivity index (χ3v) is 8.51. The van der Waals surface area contributed by atoms with Gasteiger partial charge in [-0.15, -0.1) is 0 Å². The molecule has 6 heteroatoms. The van der Waals surface area contributed by atoms with Crippen LogP contribution in [-0.2, 0) is 14.3 Å². The molecule has 0 radical (unpaired) electrons. The van der Waals surface area contributed by atoms with Crippen LogP contribution in [0, 0.1) is 40.9 Å². The second-order valence-electron chi connectivity index (χ2n) is 10.9. The maximum atomic E-state index is 12.9. The average Bonchev–Trinajstić information content (AvgIpc) is 3.19. The predicted octanol–water partition coefficient (Wildman–Crippen LogP) is 2.02. The Morgan fingerprint density at radius 1 is 1.23 bits per heavy atom. The highest BCUT2D eigenvalue weighted by atomic mass is 16.5. The van der Waals surface area contributed by atoms with E-state index in [1.54, 1.807) is 26.8 Å². The van der Waals surface area contributed by atoms with Crippen molar-refractivity contribution in [3.63, 3.8) is 0 Å². The summed E-state index contributed by atoms with van der Waals surface area (Å²) in [6.45, 7) is 11.0. The van der Waals surface area contributed by atoms with Crippen LogP contribution in [0.15, 0.2) is 23.3 Å². The summed E-state index contributed by atoms with van der Waals surface area (Å²) in [4.78, 5) is 25.4. The molecule has 0 spiro atoms. The maximum absolute atomic E-state index is 12.9. The van der Waals surface area contributed by atoms with E-state index in [0.29, 0.717) is 11.1 Å². The number of carbonyl (C=O) groups is 2. The van der Waals surface area contributed by atoms with Crippen LogP contribution in [0.1, 0.15) is 48.0 Å². The van der Waals surface area contributed by atoms with Crippen LogP contribution in [0.5, 0.6) is 0 Å². The summed E-state index contributed by atoms with van der Waals surface area (Å²) in [5, 5.41) is 33.8. The van der Waals surface area contributed by atoms with Gasteiger partial charge in [-0.2, -0.15) is 0 Å². The number of esters is 1. The summed E-state index contributed by atoms with van der Waals surface area (Å²) >= 11 is 0. The number of ether oxygens (including phenoxy) is 1. The van der Waals surface area contributed by atoms with Crippen LogP contribution in [0.25, 0.3) is 0 Å². The van der Waals surface area contributed by atoms with Crippen LogP contribution >= 0.6 is 0 Å². The van der Waals surface area contributed by atoms with E-state index >= 15 is 0 Å². The molecule has 30 heavy (non-hydrogen) atoms. The van der Waals surface area contributed by atoms with Gasteiger partial charge in [0.15, 0.2) is 5.78 Å². The molecule has 0 bridgehead atoms. The summed E-state index contributed by atoms with van der Waals surface area (Å²) in [5.74, 6) is -2.56. The first kappa shape index (κ1) is 21.7. The van der Waals surface area contributed by atoms with Crippen molar-refractivity contribution >= 4 is 11.8 Å². The lowest BCUT2D eigenvalue weighted by molar-refractivity contribution is -0.199. The molecule has 6 nitrogen and oxygen atoms in total. The molecular weight excluding hydrogens is 384 g/mol. The Balaban J connectivity index is 1.87. The molecule has 2 saturated carbocycles. The average molecular weight is 419 g/mol. The molecule has 4 rings (SSSR count). The van der Waals surface area contributed by atoms with Crippen molar-refractivity contribution in [1.82, 2.24) is 0 Å². The van der Waals surface area contributed by atoms with Crippen molar-refractivity contribution in [2.45, 2.75) is 65.3 Å². The molecule has 0 aliphatic heterocycles. The van der Waals surface area contributed by atoms with E-state index in [0.717, 1.165) is 0 Å². The molecule has 4 aliphatic carbocycles. The summed E-state index contributed by atoms with van der Waals surface area (Å²) in [6.07, 6.45) is 3.08. The molecule has 2 fully saturated rings. The van der Waals surface area contributed by atoms with Crippen molar-refractivity contribution in [3.8, 4) is 0 Å². The molecule has 8 atom stereocenters. The number of rotatable bonds is 3. The van der Waals surface area contributed by atoms with Gasteiger partial charge in [0.1, 0.15) is 11.7 Å². The number of carbonyl (C=O) groups excluding carboxylic acids is 2. The number of aliphatic hydroxyl groups is 3. The van der Waals surface area contributed by atoms with Crippen LogP contribution in [0.3, 0.4) is 0 Å². The maximum Gasteiger partial charge on any atom is 0.308 e. The van der Waals surface area contributed by atoms with E-state index in [1.165, 1.54) is 0 Å². The zero-order valence-corrected chi connectivity index (χ0v) is 18.7. The van der Waals surface area contributed by atoms with Crippen molar-refractivity contribution in [2.75, 3.05) is 6.61 Å². The Morgan fingerprint density at radius 2 is 1.87 bits per heavy atom. The molecule has 166 valence electrons. The standard InChI is InChI=1S/C24H34O6/c1-11(2)21(27)30-19-13(4)24(29)15(17-18(19)22(17,5)6)8-14(10-25)9-23(28)16(24)7-12(3)20(23)26/h7-8,11,13,15-19,25,28-29H,9-10H2,1-6H3/t13-,15?,16-,17+,18+,19?,23-,24-/m1/s1. The monoisotopic (exact) mass is 418 g/mol. The summed E-state index contributed by atoms with van der Waals surface area (Å²) < 4.78 is 5.94. The number of aliphatic hydroxyl groups excluding tert-OH is 1. The number of ketones is 1. The fraction of sp³-hybridized carbons (Fsp3) is 0.750. The topological polar surface area (TPSA) is 104 Å². The van der Waals surface area contributed by atoms with Crippen LogP contribution in [0.4, 0.5) is 0 Å². The van der Waals surface area contributed by atoms with E-state index in [1.807, 2.05) is 13.0 Å². The van der Waals surface area contributed by atoms with Gasteiger partial charge in [-0.25, -0.2) is 0 Å². The van der Waals surface area contributed by atoms with E-state index in [2.05, 4.69) is 13.8 Å². The molecule has 0 aromatic carbocycles. The molecular formula is C24H34O6. The third kappa shape index (κ3) is 2.59. The van der Waals surface area contributed by atoms with Gasteiger partial charge in [0.2, 0.25) is 0 Å². The lowest BCUT2D eigenvalue weighted by Gasteiger charge is -2.51. The highest BCUT2D eigenvalue weighted by molar-refractivity contribution is 6.04. The fourth-order valence-electron chi connectivity index (χ4n) is 6.79. The highest BCUT2D eigenvalue weighted by Crippen LogP contribution is 2.73. The van der Waals surface area contributed by atoms with Gasteiger partial charge in [0.05, 0.1) is 18.1 Å². The quantitative estimate of drug-likeness (QED) is 0.479. The van der Waals surface area contributed by atoms with Gasteiger partial charge in [-0.1, -0.05) is 46.8 Å². The molecule has 3 N–H and O–H groups in total. The number of fused-ring (bicyclic) bond motifs is 5. The molecule has 0 aromatic rings. The van der Waals surface area contributed by atoms with Crippen LogP contribution in [0.2, 0.25) is 0 Å². The minimum absolute atomic E-state index is 0.000629. The summed E-state index contributed by atoms with van der Waals surface area (Å²) in [6, 6.07) is 0. The Hall–Kier alpha value is -1.50. The second-order valence-corrected chi connectivity index (χ2v) is 10.9. The number of hydrogen-bond acceptors (Lipinski definition) is 6. The normalized spacial score (nSPS) is 46.3. The zero-order chi connectivity index (χ0) is 22.4. The van der Waals surface area contributed by atoms with Gasteiger partial charge in [0, 0.05) is 30.1 Å². The van der Waals surface area contributed by atoms with Crippen molar-refractivity contribution in [2.24, 2.45) is 40.9 Å². The van der Waals surface area contributed by atoms with Crippen molar-refractivity contribution in [3.05, 3.63) is 23.3 Å². The smallest absolute Gasteiger partial charge is 0.308 e. The first-order valence-corrected chi connectivity index (χ1v) is 11.0. The summed E-state index contributed by atoms with van der Waals surface area (Å²) in [5.41, 5.74) is -2.45. The third-order valence-electron chi connectivity index (χ3n) is 8.51. The van der Waals surface area contributed by atoms with Gasteiger partial charge in [-0.05, 0) is 29.4 Å². The van der Waals surface area contributed by atoms with Crippen LogP contribution < -0.4 is 0 Å². The summed E-state index contributed by atoms with van der Waals surface area (Å²) in [7, 11) is 0. The molecule has 0 saturated heterocycles. The molecule has 0 heterocycles. The number of Topliss-reactive ketones (excluding diaryl/α,β-unsaturated/α-hetero) is 1. The van der Waals surface area contributed by atoms with Gasteiger partial charge < -0.3 is 20.1 Å². The first-order valence-electron chi connectivity index (χ1n) is 11.0. The molecule has 0 amide bonds. The second kappa shape index (κ2) is 6.50. The number of hydrogen-bond donors (Lipinski definition) is 3.